The van der Waals surface area contributed by atoms with Gasteiger partial charge in [0, 0.05) is 12.6 Å². The Morgan fingerprint density at radius 1 is 1.07 bits per heavy atom. The highest BCUT2D eigenvalue weighted by Crippen LogP contribution is 2.21. The maximum absolute atomic E-state index is 12.3. The average molecular weight is 386 g/mol. The standard InChI is InChI=1S/C20H23N5O.ClH/c1-14(21-3)13-22-20(26)19-15(2)25(24-23-19)18-11-9-17(10-12-18)16-7-5-4-6-8-16;/h4-12,14,21H,13H2,1-3H3,(H,22,26);1H. The smallest absolute Gasteiger partial charge is 0.273 e. The summed E-state index contributed by atoms with van der Waals surface area (Å²) in [7, 11) is 1.86. The van der Waals surface area contributed by atoms with E-state index in [9.17, 15) is 4.79 Å². The molecule has 27 heavy (non-hydrogen) atoms. The lowest BCUT2D eigenvalue weighted by Crippen LogP contribution is -2.37. The van der Waals surface area contributed by atoms with E-state index in [1.54, 1.807) is 4.68 Å². The minimum Gasteiger partial charge on any atom is -0.349 e. The van der Waals surface area contributed by atoms with Gasteiger partial charge in [0.1, 0.15) is 0 Å². The number of nitrogens with one attached hydrogen (secondary N) is 2. The van der Waals surface area contributed by atoms with Crippen molar-refractivity contribution in [2.75, 3.05) is 13.6 Å². The molecule has 0 spiro atoms. The van der Waals surface area contributed by atoms with Crippen LogP contribution in [0.5, 0.6) is 0 Å². The van der Waals surface area contributed by atoms with E-state index >= 15 is 0 Å². The summed E-state index contributed by atoms with van der Waals surface area (Å²) in [6.45, 7) is 4.38. The van der Waals surface area contributed by atoms with Crippen molar-refractivity contribution in [2.45, 2.75) is 19.9 Å². The van der Waals surface area contributed by atoms with Gasteiger partial charge < -0.3 is 10.6 Å². The zero-order valence-corrected chi connectivity index (χ0v) is 16.5. The van der Waals surface area contributed by atoms with Gasteiger partial charge in [0.05, 0.1) is 11.4 Å². The van der Waals surface area contributed by atoms with Crippen LogP contribution in [-0.4, -0.2) is 40.5 Å². The number of nitrogens with zero attached hydrogens (tertiary/aromatic N) is 3. The average Bonchev–Trinajstić information content (AvgIpc) is 3.08. The van der Waals surface area contributed by atoms with Crippen LogP contribution in [0.15, 0.2) is 54.6 Å². The van der Waals surface area contributed by atoms with Crippen molar-refractivity contribution in [3.8, 4) is 16.8 Å². The van der Waals surface area contributed by atoms with Crippen LogP contribution >= 0.6 is 12.4 Å². The molecule has 0 aliphatic rings. The molecular formula is C20H24ClN5O. The van der Waals surface area contributed by atoms with Gasteiger partial charge in [-0.2, -0.15) is 0 Å². The van der Waals surface area contributed by atoms with E-state index in [0.717, 1.165) is 16.8 Å². The Labute approximate surface area is 165 Å². The molecule has 1 unspecified atom stereocenters. The Balaban J connectivity index is 0.00000261. The number of hydrogen-bond donors (Lipinski definition) is 2. The largest absolute Gasteiger partial charge is 0.349 e. The van der Waals surface area contributed by atoms with Gasteiger partial charge in [-0.05, 0) is 44.2 Å². The molecule has 1 amide bonds. The SMILES string of the molecule is CNC(C)CNC(=O)c1nnn(-c2ccc(-c3ccccc3)cc2)c1C.Cl. The summed E-state index contributed by atoms with van der Waals surface area (Å²) in [5, 5.41) is 14.2. The number of carbonyl (C=O) groups is 1. The summed E-state index contributed by atoms with van der Waals surface area (Å²) in [5.41, 5.74) is 4.23. The highest BCUT2D eigenvalue weighted by Gasteiger charge is 2.17. The van der Waals surface area contributed by atoms with E-state index in [1.165, 1.54) is 0 Å². The Morgan fingerprint density at radius 3 is 2.33 bits per heavy atom. The summed E-state index contributed by atoms with van der Waals surface area (Å²) >= 11 is 0. The fraction of sp³-hybridized carbons (Fsp3) is 0.250. The normalized spacial score (nSPS) is 11.5. The van der Waals surface area contributed by atoms with Crippen LogP contribution < -0.4 is 10.6 Å². The molecule has 2 N–H and O–H groups in total. The molecule has 0 saturated carbocycles. The predicted octanol–water partition coefficient (Wildman–Crippen LogP) is 3.00. The van der Waals surface area contributed by atoms with Crippen molar-refractivity contribution in [1.82, 2.24) is 25.6 Å². The maximum atomic E-state index is 12.3. The highest BCUT2D eigenvalue weighted by molar-refractivity contribution is 5.93. The Kier molecular flexibility index (Phi) is 7.10. The molecule has 0 aliphatic heterocycles. The second-order valence-corrected chi connectivity index (χ2v) is 6.25. The van der Waals surface area contributed by atoms with Crippen LogP contribution in [0.25, 0.3) is 16.8 Å². The summed E-state index contributed by atoms with van der Waals surface area (Å²) in [6.07, 6.45) is 0. The first kappa shape index (κ1) is 20.6. The third kappa shape index (κ3) is 4.72. The molecule has 6 nitrogen and oxygen atoms in total. The van der Waals surface area contributed by atoms with Crippen LogP contribution in [0.3, 0.4) is 0 Å². The first-order valence-corrected chi connectivity index (χ1v) is 8.63. The van der Waals surface area contributed by atoms with E-state index in [2.05, 4.69) is 33.1 Å². The molecule has 142 valence electrons. The minimum absolute atomic E-state index is 0. The number of carbonyl (C=O) groups excluding carboxylic acids is 1. The van der Waals surface area contributed by atoms with E-state index in [4.69, 9.17) is 0 Å². The number of amides is 1. The summed E-state index contributed by atoms with van der Waals surface area (Å²) in [4.78, 5) is 12.3. The second-order valence-electron chi connectivity index (χ2n) is 6.25. The van der Waals surface area contributed by atoms with Crippen molar-refractivity contribution >= 4 is 18.3 Å². The lowest BCUT2D eigenvalue weighted by atomic mass is 10.1. The van der Waals surface area contributed by atoms with Crippen LogP contribution in [0.4, 0.5) is 0 Å². The molecule has 0 fully saturated rings. The molecule has 0 bridgehead atoms. The van der Waals surface area contributed by atoms with E-state index in [-0.39, 0.29) is 24.4 Å². The van der Waals surface area contributed by atoms with E-state index in [0.29, 0.717) is 17.9 Å². The van der Waals surface area contributed by atoms with Crippen LogP contribution in [0.1, 0.15) is 23.1 Å². The molecule has 1 atom stereocenters. The molecule has 7 heteroatoms. The summed E-state index contributed by atoms with van der Waals surface area (Å²) in [5.74, 6) is -0.211. The van der Waals surface area contributed by atoms with Crippen LogP contribution in [0.2, 0.25) is 0 Å². The zero-order chi connectivity index (χ0) is 18.5. The minimum atomic E-state index is -0.211. The third-order valence-electron chi connectivity index (χ3n) is 4.39. The highest BCUT2D eigenvalue weighted by atomic mass is 35.5. The van der Waals surface area contributed by atoms with Gasteiger partial charge >= 0.3 is 0 Å². The molecular weight excluding hydrogens is 362 g/mol. The summed E-state index contributed by atoms with van der Waals surface area (Å²) < 4.78 is 1.69. The molecule has 0 aliphatic carbocycles. The lowest BCUT2D eigenvalue weighted by Gasteiger charge is -2.10. The number of benzene rings is 2. The number of aromatic nitrogens is 3. The lowest BCUT2D eigenvalue weighted by molar-refractivity contribution is 0.0945. The number of rotatable bonds is 6. The van der Waals surface area contributed by atoms with E-state index in [1.807, 2.05) is 63.4 Å². The Hall–Kier alpha value is -2.70. The van der Waals surface area contributed by atoms with Gasteiger partial charge in [0.25, 0.3) is 5.91 Å². The molecule has 1 aromatic heterocycles. The molecule has 3 aromatic rings. The quantitative estimate of drug-likeness (QED) is 0.684. The first-order valence-electron chi connectivity index (χ1n) is 8.63. The topological polar surface area (TPSA) is 71.8 Å². The van der Waals surface area contributed by atoms with Crippen molar-refractivity contribution in [1.29, 1.82) is 0 Å². The van der Waals surface area contributed by atoms with Crippen LogP contribution in [0, 0.1) is 6.92 Å². The van der Waals surface area contributed by atoms with Gasteiger partial charge in [-0.3, -0.25) is 4.79 Å². The first-order chi connectivity index (χ1) is 12.6. The molecule has 0 radical (unpaired) electrons. The van der Waals surface area contributed by atoms with E-state index < -0.39 is 0 Å². The maximum Gasteiger partial charge on any atom is 0.273 e. The molecule has 1 heterocycles. The fourth-order valence-electron chi connectivity index (χ4n) is 2.64. The van der Waals surface area contributed by atoms with Gasteiger partial charge in [-0.1, -0.05) is 47.7 Å². The van der Waals surface area contributed by atoms with Crippen molar-refractivity contribution in [2.24, 2.45) is 0 Å². The van der Waals surface area contributed by atoms with Crippen molar-refractivity contribution in [3.05, 3.63) is 66.0 Å². The molecule has 3 rings (SSSR count). The number of hydrogen-bond acceptors (Lipinski definition) is 4. The fourth-order valence-corrected chi connectivity index (χ4v) is 2.64. The number of halogens is 1. The van der Waals surface area contributed by atoms with Gasteiger partial charge in [-0.25, -0.2) is 4.68 Å². The monoisotopic (exact) mass is 385 g/mol. The predicted molar refractivity (Wildman–Crippen MR) is 110 cm³/mol. The van der Waals surface area contributed by atoms with Gasteiger partial charge in [0.15, 0.2) is 5.69 Å². The van der Waals surface area contributed by atoms with Gasteiger partial charge in [-0.15, -0.1) is 17.5 Å². The van der Waals surface area contributed by atoms with Crippen molar-refractivity contribution < 1.29 is 4.79 Å². The summed E-state index contributed by atoms with van der Waals surface area (Å²) in [6, 6.07) is 18.4. The molecule has 0 saturated heterocycles. The molecule has 2 aromatic carbocycles. The zero-order valence-electron chi connectivity index (χ0n) is 15.6. The van der Waals surface area contributed by atoms with Gasteiger partial charge in [0.2, 0.25) is 0 Å². The third-order valence-corrected chi connectivity index (χ3v) is 4.39. The van der Waals surface area contributed by atoms with Crippen LogP contribution in [-0.2, 0) is 0 Å². The number of likely N-dealkylation sites (N-methyl/N-ethyl adjacent to an activating group) is 1. The van der Waals surface area contributed by atoms with Crippen molar-refractivity contribution in [3.63, 3.8) is 0 Å². The Morgan fingerprint density at radius 2 is 1.70 bits per heavy atom. The second kappa shape index (κ2) is 9.30. The Bertz CT molecular complexity index is 877.